The number of anilines is 1. The standard InChI is InChI=1S/C14H16N2O/c1-10-5-2-3-6-12(10)16-13-7-4-8-14(17)11(13)9-15/h2-3,5-6,9,15-16H,4,7-8H2,1H3. The molecule has 1 aliphatic carbocycles. The highest BCUT2D eigenvalue weighted by Crippen LogP contribution is 2.24. The number of rotatable bonds is 3. The van der Waals surface area contributed by atoms with Crippen molar-refractivity contribution in [1.82, 2.24) is 0 Å². The molecule has 0 bridgehead atoms. The average Bonchev–Trinajstić information content (AvgIpc) is 2.32. The smallest absolute Gasteiger partial charge is 0.166 e. The van der Waals surface area contributed by atoms with E-state index in [9.17, 15) is 4.79 Å². The molecule has 0 unspecified atom stereocenters. The van der Waals surface area contributed by atoms with Crippen LogP contribution in [0.4, 0.5) is 5.69 Å². The number of ketones is 1. The molecule has 2 rings (SSSR count). The topological polar surface area (TPSA) is 53.0 Å². The normalized spacial score (nSPS) is 15.9. The summed E-state index contributed by atoms with van der Waals surface area (Å²) in [7, 11) is 0. The predicted octanol–water partition coefficient (Wildman–Crippen LogP) is 3.06. The molecule has 88 valence electrons. The number of Topliss-reactive ketones (excluding diaryl/α,β-unsaturated/α-hetero) is 1. The molecular weight excluding hydrogens is 212 g/mol. The van der Waals surface area contributed by atoms with Gasteiger partial charge in [-0.05, 0) is 31.4 Å². The maximum atomic E-state index is 11.7. The molecule has 0 aromatic heterocycles. The quantitative estimate of drug-likeness (QED) is 0.781. The summed E-state index contributed by atoms with van der Waals surface area (Å²) in [4.78, 5) is 11.7. The predicted molar refractivity (Wildman–Crippen MR) is 69.5 cm³/mol. The second-order valence-corrected chi connectivity index (χ2v) is 4.25. The van der Waals surface area contributed by atoms with Gasteiger partial charge in [0.25, 0.3) is 0 Å². The van der Waals surface area contributed by atoms with E-state index in [4.69, 9.17) is 5.41 Å². The van der Waals surface area contributed by atoms with Gasteiger partial charge in [-0.15, -0.1) is 0 Å². The highest BCUT2D eigenvalue weighted by Gasteiger charge is 2.18. The van der Waals surface area contributed by atoms with Crippen molar-refractivity contribution in [1.29, 1.82) is 5.41 Å². The van der Waals surface area contributed by atoms with Gasteiger partial charge in [-0.3, -0.25) is 4.79 Å². The van der Waals surface area contributed by atoms with Crippen LogP contribution >= 0.6 is 0 Å². The lowest BCUT2D eigenvalue weighted by molar-refractivity contribution is -0.115. The van der Waals surface area contributed by atoms with Gasteiger partial charge in [0.15, 0.2) is 5.78 Å². The van der Waals surface area contributed by atoms with Gasteiger partial charge in [0.1, 0.15) is 0 Å². The van der Waals surface area contributed by atoms with Gasteiger partial charge in [-0.1, -0.05) is 18.2 Å². The molecule has 0 saturated carbocycles. The Labute approximate surface area is 101 Å². The van der Waals surface area contributed by atoms with Gasteiger partial charge < -0.3 is 10.7 Å². The van der Waals surface area contributed by atoms with Gasteiger partial charge in [-0.2, -0.15) is 0 Å². The maximum absolute atomic E-state index is 11.7. The third-order valence-corrected chi connectivity index (χ3v) is 3.03. The fraction of sp³-hybridized carbons (Fsp3) is 0.286. The van der Waals surface area contributed by atoms with E-state index in [2.05, 4.69) is 5.32 Å². The Hall–Kier alpha value is -1.90. The summed E-state index contributed by atoms with van der Waals surface area (Å²) in [6.45, 7) is 2.03. The first-order valence-electron chi connectivity index (χ1n) is 5.82. The molecule has 1 aromatic carbocycles. The molecule has 0 amide bonds. The van der Waals surface area contributed by atoms with Crippen LogP contribution in [-0.2, 0) is 4.79 Å². The molecule has 0 heterocycles. The van der Waals surface area contributed by atoms with Gasteiger partial charge in [0.05, 0.1) is 5.57 Å². The highest BCUT2D eigenvalue weighted by atomic mass is 16.1. The first-order chi connectivity index (χ1) is 8.22. The molecule has 0 atom stereocenters. The lowest BCUT2D eigenvalue weighted by atomic mass is 9.95. The van der Waals surface area contributed by atoms with Gasteiger partial charge in [0, 0.05) is 24.0 Å². The monoisotopic (exact) mass is 228 g/mol. The first-order valence-corrected chi connectivity index (χ1v) is 5.82. The Balaban J connectivity index is 2.31. The third kappa shape index (κ3) is 2.44. The second-order valence-electron chi connectivity index (χ2n) is 4.25. The van der Waals surface area contributed by atoms with Crippen molar-refractivity contribution in [3.05, 3.63) is 41.1 Å². The zero-order valence-corrected chi connectivity index (χ0v) is 9.92. The van der Waals surface area contributed by atoms with E-state index in [1.54, 1.807) is 0 Å². The molecule has 0 radical (unpaired) electrons. The van der Waals surface area contributed by atoms with E-state index in [0.29, 0.717) is 12.0 Å². The number of benzene rings is 1. The second kappa shape index (κ2) is 4.95. The number of hydrogen-bond donors (Lipinski definition) is 2. The van der Waals surface area contributed by atoms with Gasteiger partial charge in [0.2, 0.25) is 0 Å². The molecule has 3 nitrogen and oxygen atoms in total. The summed E-state index contributed by atoms with van der Waals surface area (Å²) in [5.41, 5.74) is 3.56. The minimum atomic E-state index is 0.0716. The number of nitrogens with one attached hydrogen (secondary N) is 2. The lowest BCUT2D eigenvalue weighted by Gasteiger charge is -2.19. The molecule has 0 fully saturated rings. The van der Waals surface area contributed by atoms with Crippen LogP contribution in [0.2, 0.25) is 0 Å². The Morgan fingerprint density at radius 3 is 2.76 bits per heavy atom. The average molecular weight is 228 g/mol. The number of carbonyl (C=O) groups is 1. The molecule has 0 saturated heterocycles. The summed E-state index contributed by atoms with van der Waals surface area (Å²) >= 11 is 0. The molecule has 0 aliphatic heterocycles. The Morgan fingerprint density at radius 1 is 1.29 bits per heavy atom. The number of allylic oxidation sites excluding steroid dienone is 2. The van der Waals surface area contributed by atoms with Crippen LogP contribution in [0.15, 0.2) is 35.5 Å². The Kier molecular flexibility index (Phi) is 3.38. The Bertz CT molecular complexity index is 489. The summed E-state index contributed by atoms with van der Waals surface area (Å²) in [5.74, 6) is 0.0716. The first kappa shape index (κ1) is 11.6. The van der Waals surface area contributed by atoms with Crippen LogP contribution < -0.4 is 5.32 Å². The summed E-state index contributed by atoms with van der Waals surface area (Å²) in [6, 6.07) is 7.96. The fourth-order valence-electron chi connectivity index (χ4n) is 2.04. The van der Waals surface area contributed by atoms with Gasteiger partial charge in [-0.25, -0.2) is 0 Å². The minimum absolute atomic E-state index is 0.0716. The molecule has 2 N–H and O–H groups in total. The van der Waals surface area contributed by atoms with E-state index in [0.717, 1.165) is 29.8 Å². The van der Waals surface area contributed by atoms with Crippen LogP contribution in [0.3, 0.4) is 0 Å². The van der Waals surface area contributed by atoms with Crippen molar-refractivity contribution in [3.63, 3.8) is 0 Å². The van der Waals surface area contributed by atoms with E-state index in [1.165, 1.54) is 6.21 Å². The third-order valence-electron chi connectivity index (χ3n) is 3.03. The molecule has 3 heteroatoms. The van der Waals surface area contributed by atoms with E-state index in [1.807, 2.05) is 31.2 Å². The van der Waals surface area contributed by atoms with Crippen LogP contribution in [0.5, 0.6) is 0 Å². The molecular formula is C14H16N2O. The summed E-state index contributed by atoms with van der Waals surface area (Å²) in [5, 5.41) is 10.6. The Morgan fingerprint density at radius 2 is 2.06 bits per heavy atom. The fourth-order valence-corrected chi connectivity index (χ4v) is 2.04. The number of para-hydroxylation sites is 1. The van der Waals surface area contributed by atoms with Crippen LogP contribution in [0.25, 0.3) is 0 Å². The highest BCUT2D eigenvalue weighted by molar-refractivity contribution is 6.14. The van der Waals surface area contributed by atoms with Crippen LogP contribution in [0.1, 0.15) is 24.8 Å². The van der Waals surface area contributed by atoms with Crippen molar-refractivity contribution >= 4 is 17.7 Å². The molecule has 1 aromatic rings. The molecule has 17 heavy (non-hydrogen) atoms. The number of carbonyl (C=O) groups excluding carboxylic acids is 1. The number of hydrogen-bond acceptors (Lipinski definition) is 3. The van der Waals surface area contributed by atoms with Crippen LogP contribution in [0, 0.1) is 12.3 Å². The summed E-state index contributed by atoms with van der Waals surface area (Å²) in [6.07, 6.45) is 3.43. The van der Waals surface area contributed by atoms with Crippen molar-refractivity contribution < 1.29 is 4.79 Å². The van der Waals surface area contributed by atoms with Crippen molar-refractivity contribution in [2.75, 3.05) is 5.32 Å². The molecule has 0 spiro atoms. The van der Waals surface area contributed by atoms with Crippen molar-refractivity contribution in [2.45, 2.75) is 26.2 Å². The van der Waals surface area contributed by atoms with E-state index >= 15 is 0 Å². The van der Waals surface area contributed by atoms with Crippen molar-refractivity contribution in [3.8, 4) is 0 Å². The SMILES string of the molecule is Cc1ccccc1NC1=C(C=N)C(=O)CCC1. The zero-order valence-electron chi connectivity index (χ0n) is 9.92. The summed E-state index contributed by atoms with van der Waals surface area (Å²) < 4.78 is 0. The molecule has 1 aliphatic rings. The van der Waals surface area contributed by atoms with Crippen molar-refractivity contribution in [2.24, 2.45) is 0 Å². The van der Waals surface area contributed by atoms with E-state index < -0.39 is 0 Å². The maximum Gasteiger partial charge on any atom is 0.166 e. The largest absolute Gasteiger partial charge is 0.358 e. The van der Waals surface area contributed by atoms with E-state index in [-0.39, 0.29) is 5.78 Å². The lowest BCUT2D eigenvalue weighted by Crippen LogP contribution is -2.17. The zero-order chi connectivity index (χ0) is 12.3. The minimum Gasteiger partial charge on any atom is -0.358 e. The van der Waals surface area contributed by atoms with Gasteiger partial charge >= 0.3 is 0 Å². The number of aryl methyl sites for hydroxylation is 1. The van der Waals surface area contributed by atoms with Crippen LogP contribution in [-0.4, -0.2) is 12.0 Å².